The minimum Gasteiger partial charge on any atom is -0.378 e. The van der Waals surface area contributed by atoms with Crippen LogP contribution < -0.4 is 4.90 Å². The van der Waals surface area contributed by atoms with Gasteiger partial charge >= 0.3 is 0 Å². The number of rotatable bonds is 3. The molecule has 0 aliphatic heterocycles. The lowest BCUT2D eigenvalue weighted by molar-refractivity contribution is 1.13. The van der Waals surface area contributed by atoms with E-state index in [0.29, 0.717) is 5.57 Å². The summed E-state index contributed by atoms with van der Waals surface area (Å²) in [5.41, 5.74) is 3.78. The van der Waals surface area contributed by atoms with E-state index >= 15 is 0 Å². The van der Waals surface area contributed by atoms with Gasteiger partial charge in [-0.05, 0) is 29.3 Å². The van der Waals surface area contributed by atoms with Crippen molar-refractivity contribution in [2.45, 2.75) is 0 Å². The molecule has 0 heterocycles. The molecule has 19 heavy (non-hydrogen) atoms. The van der Waals surface area contributed by atoms with Crippen molar-refractivity contribution in [2.24, 2.45) is 0 Å². The third kappa shape index (κ3) is 3.23. The second-order valence-electron chi connectivity index (χ2n) is 4.53. The first-order valence-electron chi connectivity index (χ1n) is 6.15. The highest BCUT2D eigenvalue weighted by Gasteiger charge is 2.01. The first-order valence-corrected chi connectivity index (χ1v) is 6.15. The molecule has 2 rings (SSSR count). The summed E-state index contributed by atoms with van der Waals surface area (Å²) in [6, 6.07) is 20.1. The molecule has 0 atom stereocenters. The Morgan fingerprint density at radius 2 is 1.79 bits per heavy atom. The molecule has 2 nitrogen and oxygen atoms in total. The molecule has 94 valence electrons. The third-order valence-electron chi connectivity index (χ3n) is 2.90. The molecule has 2 heteroatoms. The summed E-state index contributed by atoms with van der Waals surface area (Å²) in [6.45, 7) is 0. The van der Waals surface area contributed by atoms with Crippen LogP contribution in [0.5, 0.6) is 0 Å². The van der Waals surface area contributed by atoms with Crippen LogP contribution in [0.25, 0.3) is 11.6 Å². The van der Waals surface area contributed by atoms with E-state index in [9.17, 15) is 5.26 Å². The largest absolute Gasteiger partial charge is 0.378 e. The quantitative estimate of drug-likeness (QED) is 0.610. The Bertz CT molecular complexity index is 619. The Morgan fingerprint density at radius 1 is 1.05 bits per heavy atom. The SMILES string of the molecule is CN(C)c1cccc(/C=C(\C#N)c2ccccc2)c1. The fourth-order valence-corrected chi connectivity index (χ4v) is 1.86. The molecular weight excluding hydrogens is 232 g/mol. The molecule has 0 saturated carbocycles. The van der Waals surface area contributed by atoms with Gasteiger partial charge in [0.15, 0.2) is 0 Å². The van der Waals surface area contributed by atoms with Gasteiger partial charge in [-0.25, -0.2) is 0 Å². The van der Waals surface area contributed by atoms with Crippen molar-refractivity contribution < 1.29 is 0 Å². The lowest BCUT2D eigenvalue weighted by Crippen LogP contribution is -2.08. The fourth-order valence-electron chi connectivity index (χ4n) is 1.86. The van der Waals surface area contributed by atoms with E-state index in [0.717, 1.165) is 16.8 Å². The predicted molar refractivity (Wildman–Crippen MR) is 80.7 cm³/mol. The zero-order valence-electron chi connectivity index (χ0n) is 11.2. The smallest absolute Gasteiger partial charge is 0.0998 e. The molecule has 0 amide bonds. The first-order chi connectivity index (χ1) is 9.20. The van der Waals surface area contributed by atoms with Gasteiger partial charge in [0.2, 0.25) is 0 Å². The second kappa shape index (κ2) is 5.88. The molecule has 0 spiro atoms. The Balaban J connectivity index is 2.39. The van der Waals surface area contributed by atoms with Crippen molar-refractivity contribution in [3.8, 4) is 6.07 Å². The number of anilines is 1. The minimum atomic E-state index is 0.677. The van der Waals surface area contributed by atoms with E-state index in [1.54, 1.807) is 0 Å². The summed E-state index contributed by atoms with van der Waals surface area (Å²) in [5.74, 6) is 0. The van der Waals surface area contributed by atoms with Gasteiger partial charge in [0, 0.05) is 19.8 Å². The van der Waals surface area contributed by atoms with Crippen LogP contribution in [0.1, 0.15) is 11.1 Å². The Morgan fingerprint density at radius 3 is 2.42 bits per heavy atom. The summed E-state index contributed by atoms with van der Waals surface area (Å²) in [4.78, 5) is 2.05. The van der Waals surface area contributed by atoms with E-state index in [4.69, 9.17) is 0 Å². The van der Waals surface area contributed by atoms with E-state index in [1.165, 1.54) is 0 Å². The Labute approximate surface area is 114 Å². The van der Waals surface area contributed by atoms with Crippen LogP contribution in [0.15, 0.2) is 54.6 Å². The average molecular weight is 248 g/mol. The number of allylic oxidation sites excluding steroid dienone is 1. The maximum atomic E-state index is 9.29. The predicted octanol–water partition coefficient (Wildman–Crippen LogP) is 3.82. The van der Waals surface area contributed by atoms with Crippen molar-refractivity contribution in [3.05, 3.63) is 65.7 Å². The van der Waals surface area contributed by atoms with E-state index in [-0.39, 0.29) is 0 Å². The van der Waals surface area contributed by atoms with Crippen molar-refractivity contribution in [3.63, 3.8) is 0 Å². The zero-order valence-corrected chi connectivity index (χ0v) is 11.2. The molecule has 0 N–H and O–H groups in total. The molecular formula is C17H16N2. The monoisotopic (exact) mass is 248 g/mol. The minimum absolute atomic E-state index is 0.677. The topological polar surface area (TPSA) is 27.0 Å². The van der Waals surface area contributed by atoms with Gasteiger partial charge in [0.1, 0.15) is 0 Å². The second-order valence-corrected chi connectivity index (χ2v) is 4.53. The average Bonchev–Trinajstić information content (AvgIpc) is 2.46. The Kier molecular flexibility index (Phi) is 4.00. The van der Waals surface area contributed by atoms with Crippen LogP contribution in [0.4, 0.5) is 5.69 Å². The van der Waals surface area contributed by atoms with Crippen molar-refractivity contribution in [2.75, 3.05) is 19.0 Å². The van der Waals surface area contributed by atoms with Crippen LogP contribution in [0, 0.1) is 11.3 Å². The van der Waals surface area contributed by atoms with Gasteiger partial charge < -0.3 is 4.90 Å². The van der Waals surface area contributed by atoms with Crippen molar-refractivity contribution in [1.82, 2.24) is 0 Å². The molecule has 0 radical (unpaired) electrons. The maximum absolute atomic E-state index is 9.29. The molecule has 2 aromatic carbocycles. The molecule has 0 aliphatic rings. The molecule has 2 aromatic rings. The number of hydrogen-bond donors (Lipinski definition) is 0. The van der Waals surface area contributed by atoms with Gasteiger partial charge in [0.05, 0.1) is 11.6 Å². The third-order valence-corrected chi connectivity index (χ3v) is 2.90. The number of hydrogen-bond acceptors (Lipinski definition) is 2. The van der Waals surface area contributed by atoms with Gasteiger partial charge in [0.25, 0.3) is 0 Å². The summed E-state index contributed by atoms with van der Waals surface area (Å²) in [5, 5.41) is 9.29. The van der Waals surface area contributed by atoms with Crippen molar-refractivity contribution >= 4 is 17.3 Å². The molecule has 0 bridgehead atoms. The highest BCUT2D eigenvalue weighted by atomic mass is 15.1. The molecule has 0 saturated heterocycles. The standard InChI is InChI=1S/C17H16N2/c1-19(2)17-10-6-7-14(12-17)11-16(13-18)15-8-4-3-5-9-15/h3-12H,1-2H3/b16-11+. The van der Waals surface area contributed by atoms with E-state index < -0.39 is 0 Å². The van der Waals surface area contributed by atoms with Gasteiger partial charge in [-0.15, -0.1) is 0 Å². The lowest BCUT2D eigenvalue weighted by Gasteiger charge is -2.12. The normalized spacial score (nSPS) is 10.9. The molecule has 0 fully saturated rings. The van der Waals surface area contributed by atoms with Crippen LogP contribution in [-0.4, -0.2) is 14.1 Å². The van der Waals surface area contributed by atoms with Crippen LogP contribution >= 0.6 is 0 Å². The van der Waals surface area contributed by atoms with Crippen LogP contribution in [0.3, 0.4) is 0 Å². The van der Waals surface area contributed by atoms with Gasteiger partial charge in [-0.2, -0.15) is 5.26 Å². The zero-order chi connectivity index (χ0) is 13.7. The van der Waals surface area contributed by atoms with Crippen LogP contribution in [0.2, 0.25) is 0 Å². The Hall–Kier alpha value is -2.53. The molecule has 0 aliphatic carbocycles. The summed E-state index contributed by atoms with van der Waals surface area (Å²) in [7, 11) is 4.01. The number of benzene rings is 2. The summed E-state index contributed by atoms with van der Waals surface area (Å²) in [6.07, 6.45) is 1.92. The van der Waals surface area contributed by atoms with E-state index in [2.05, 4.69) is 12.1 Å². The summed E-state index contributed by atoms with van der Waals surface area (Å²) >= 11 is 0. The van der Waals surface area contributed by atoms with Crippen LogP contribution in [-0.2, 0) is 0 Å². The summed E-state index contributed by atoms with van der Waals surface area (Å²) < 4.78 is 0. The molecule has 0 unspecified atom stereocenters. The lowest BCUT2D eigenvalue weighted by atomic mass is 10.0. The fraction of sp³-hybridized carbons (Fsp3) is 0.118. The van der Waals surface area contributed by atoms with Gasteiger partial charge in [-0.1, -0.05) is 42.5 Å². The van der Waals surface area contributed by atoms with Crippen molar-refractivity contribution in [1.29, 1.82) is 5.26 Å². The van der Waals surface area contributed by atoms with E-state index in [1.807, 2.05) is 73.6 Å². The highest BCUT2D eigenvalue weighted by Crippen LogP contribution is 2.20. The first kappa shape index (κ1) is 12.9. The van der Waals surface area contributed by atoms with Gasteiger partial charge in [-0.3, -0.25) is 0 Å². The number of nitriles is 1. The maximum Gasteiger partial charge on any atom is 0.0998 e. The number of nitrogens with zero attached hydrogens (tertiary/aromatic N) is 2. The molecule has 0 aromatic heterocycles. The highest BCUT2D eigenvalue weighted by molar-refractivity contribution is 5.89.